The standard InChI is InChI=1S/C23H37NOS/c1-15-13-17-18-5-6-21(25)23(18,3)10-8-19(17)22(2)9-7-16(14-20(15)22)26-12-4-11-24/h16-20H,1,4-14,24H2,2-3H3. The third kappa shape index (κ3) is 2.83. The van der Waals surface area contributed by atoms with Gasteiger partial charge in [0.1, 0.15) is 5.78 Å². The van der Waals surface area contributed by atoms with Gasteiger partial charge < -0.3 is 5.73 Å². The van der Waals surface area contributed by atoms with Crippen LogP contribution in [0.1, 0.15) is 71.6 Å². The van der Waals surface area contributed by atoms with Gasteiger partial charge in [-0.05, 0) is 92.8 Å². The molecule has 4 saturated carbocycles. The van der Waals surface area contributed by atoms with E-state index in [1.165, 1.54) is 43.4 Å². The van der Waals surface area contributed by atoms with Crippen LogP contribution in [0.25, 0.3) is 0 Å². The zero-order chi connectivity index (χ0) is 18.5. The van der Waals surface area contributed by atoms with Crippen molar-refractivity contribution in [2.75, 3.05) is 12.3 Å². The lowest BCUT2D eigenvalue weighted by Crippen LogP contribution is -2.54. The highest BCUT2D eigenvalue weighted by atomic mass is 32.2. The predicted octanol–water partition coefficient (Wildman–Crippen LogP) is 5.21. The maximum absolute atomic E-state index is 12.6. The fourth-order valence-corrected chi connectivity index (χ4v) is 8.74. The number of thioether (sulfide) groups is 1. The molecule has 4 aliphatic rings. The summed E-state index contributed by atoms with van der Waals surface area (Å²) < 4.78 is 0. The number of hydrogen-bond acceptors (Lipinski definition) is 3. The van der Waals surface area contributed by atoms with Crippen LogP contribution in [0.5, 0.6) is 0 Å². The number of carbonyl (C=O) groups excluding carboxylic acids is 1. The second-order valence-corrected chi connectivity index (χ2v) is 11.5. The van der Waals surface area contributed by atoms with Crippen LogP contribution in [0.15, 0.2) is 12.2 Å². The Kier molecular flexibility index (Phi) is 5.10. The fraction of sp³-hybridized carbons (Fsp3) is 0.870. The molecule has 2 nitrogen and oxygen atoms in total. The Labute approximate surface area is 164 Å². The summed E-state index contributed by atoms with van der Waals surface area (Å²) in [6.45, 7) is 10.3. The molecule has 7 atom stereocenters. The zero-order valence-electron chi connectivity index (χ0n) is 16.8. The van der Waals surface area contributed by atoms with Gasteiger partial charge in [0.05, 0.1) is 0 Å². The van der Waals surface area contributed by atoms with Crippen molar-refractivity contribution in [3.63, 3.8) is 0 Å². The van der Waals surface area contributed by atoms with E-state index in [1.807, 2.05) is 0 Å². The Morgan fingerprint density at radius 1 is 1.19 bits per heavy atom. The van der Waals surface area contributed by atoms with Gasteiger partial charge in [0.25, 0.3) is 0 Å². The monoisotopic (exact) mass is 375 g/mol. The second kappa shape index (κ2) is 6.95. The molecule has 4 rings (SSSR count). The molecule has 0 aromatic heterocycles. The second-order valence-electron chi connectivity index (χ2n) is 10.1. The van der Waals surface area contributed by atoms with Crippen LogP contribution in [0.3, 0.4) is 0 Å². The van der Waals surface area contributed by atoms with E-state index in [2.05, 4.69) is 32.2 Å². The summed E-state index contributed by atoms with van der Waals surface area (Å²) in [6.07, 6.45) is 10.8. The van der Waals surface area contributed by atoms with E-state index in [-0.39, 0.29) is 5.41 Å². The summed E-state index contributed by atoms with van der Waals surface area (Å²) in [5, 5.41) is 0.801. The third-order valence-corrected chi connectivity index (χ3v) is 10.4. The van der Waals surface area contributed by atoms with Gasteiger partial charge in [0, 0.05) is 17.1 Å². The Morgan fingerprint density at radius 2 is 2.00 bits per heavy atom. The topological polar surface area (TPSA) is 43.1 Å². The number of carbonyl (C=O) groups is 1. The quantitative estimate of drug-likeness (QED) is 0.541. The highest BCUT2D eigenvalue weighted by molar-refractivity contribution is 7.99. The summed E-state index contributed by atoms with van der Waals surface area (Å²) in [5.41, 5.74) is 7.61. The van der Waals surface area contributed by atoms with Gasteiger partial charge in [-0.2, -0.15) is 11.8 Å². The van der Waals surface area contributed by atoms with Crippen molar-refractivity contribution >= 4 is 17.5 Å². The highest BCUT2D eigenvalue weighted by Gasteiger charge is 2.60. The van der Waals surface area contributed by atoms with E-state index in [0.717, 1.165) is 49.3 Å². The van der Waals surface area contributed by atoms with Gasteiger partial charge in [0.15, 0.2) is 0 Å². The first kappa shape index (κ1) is 19.1. The summed E-state index contributed by atoms with van der Waals surface area (Å²) in [6, 6.07) is 0. The van der Waals surface area contributed by atoms with E-state index in [4.69, 9.17) is 5.73 Å². The van der Waals surface area contributed by atoms with E-state index >= 15 is 0 Å². The Balaban J connectivity index is 1.52. The minimum Gasteiger partial charge on any atom is -0.330 e. The van der Waals surface area contributed by atoms with Gasteiger partial charge in [-0.3, -0.25) is 4.79 Å². The maximum atomic E-state index is 12.6. The smallest absolute Gasteiger partial charge is 0.139 e. The molecule has 0 amide bonds. The maximum Gasteiger partial charge on any atom is 0.139 e. The van der Waals surface area contributed by atoms with E-state index < -0.39 is 0 Å². The minimum absolute atomic E-state index is 0.0140. The van der Waals surface area contributed by atoms with Crippen LogP contribution in [-0.2, 0) is 4.79 Å². The van der Waals surface area contributed by atoms with Crippen molar-refractivity contribution in [2.45, 2.75) is 76.9 Å². The van der Waals surface area contributed by atoms with Crippen LogP contribution >= 0.6 is 11.8 Å². The average molecular weight is 376 g/mol. The third-order valence-electron chi connectivity index (χ3n) is 8.99. The molecule has 0 radical (unpaired) electrons. The Hall–Kier alpha value is -0.280. The average Bonchev–Trinajstić information content (AvgIpc) is 2.92. The number of nitrogens with two attached hydrogens (primary N) is 1. The van der Waals surface area contributed by atoms with E-state index in [0.29, 0.717) is 23.0 Å². The van der Waals surface area contributed by atoms with Crippen molar-refractivity contribution in [1.82, 2.24) is 0 Å². The lowest BCUT2D eigenvalue weighted by atomic mass is 9.44. The van der Waals surface area contributed by atoms with Crippen molar-refractivity contribution in [2.24, 2.45) is 40.2 Å². The highest BCUT2D eigenvalue weighted by Crippen LogP contribution is 2.66. The van der Waals surface area contributed by atoms with E-state index in [1.54, 1.807) is 0 Å². The molecule has 4 aliphatic carbocycles. The molecule has 2 N–H and O–H groups in total. The molecule has 0 bridgehead atoms. The van der Waals surface area contributed by atoms with Crippen LogP contribution in [0.4, 0.5) is 0 Å². The van der Waals surface area contributed by atoms with Crippen molar-refractivity contribution in [3.05, 3.63) is 12.2 Å². The van der Waals surface area contributed by atoms with Crippen LogP contribution in [0.2, 0.25) is 0 Å². The molecule has 0 saturated heterocycles. The largest absolute Gasteiger partial charge is 0.330 e. The summed E-state index contributed by atoms with van der Waals surface area (Å²) in [5.74, 6) is 4.63. The predicted molar refractivity (Wildman–Crippen MR) is 111 cm³/mol. The first-order valence-corrected chi connectivity index (χ1v) is 12.0. The summed E-state index contributed by atoms with van der Waals surface area (Å²) >= 11 is 2.16. The van der Waals surface area contributed by atoms with Gasteiger partial charge in [0.2, 0.25) is 0 Å². The Morgan fingerprint density at radius 3 is 2.77 bits per heavy atom. The van der Waals surface area contributed by atoms with Crippen molar-refractivity contribution in [1.29, 1.82) is 0 Å². The molecule has 26 heavy (non-hydrogen) atoms. The number of fused-ring (bicyclic) bond motifs is 5. The van der Waals surface area contributed by atoms with Crippen molar-refractivity contribution < 1.29 is 4.79 Å². The van der Waals surface area contributed by atoms with Crippen LogP contribution < -0.4 is 5.73 Å². The molecule has 0 aliphatic heterocycles. The molecule has 0 aromatic carbocycles. The number of ketones is 1. The molecule has 146 valence electrons. The van der Waals surface area contributed by atoms with Crippen LogP contribution in [0, 0.1) is 34.5 Å². The number of Topliss-reactive ketones (excluding diaryl/α,β-unsaturated/α-hetero) is 1. The van der Waals surface area contributed by atoms with Gasteiger partial charge >= 0.3 is 0 Å². The van der Waals surface area contributed by atoms with Gasteiger partial charge in [-0.1, -0.05) is 26.0 Å². The summed E-state index contributed by atoms with van der Waals surface area (Å²) in [7, 11) is 0. The molecule has 0 spiro atoms. The Bertz CT molecular complexity index is 589. The van der Waals surface area contributed by atoms with Crippen molar-refractivity contribution in [3.8, 4) is 0 Å². The molecular formula is C23H37NOS. The normalized spacial score (nSPS) is 48.0. The molecule has 0 heterocycles. The SMILES string of the molecule is C=C1CC2C3CCC(=O)C3(C)CCC2C2(C)CCC(SCCCN)CC12. The van der Waals surface area contributed by atoms with Gasteiger partial charge in [-0.25, -0.2) is 0 Å². The summed E-state index contributed by atoms with van der Waals surface area (Å²) in [4.78, 5) is 12.6. The molecule has 0 aromatic rings. The number of allylic oxidation sites excluding steroid dienone is 1. The van der Waals surface area contributed by atoms with Crippen LogP contribution in [-0.4, -0.2) is 23.3 Å². The first-order chi connectivity index (χ1) is 12.4. The first-order valence-electron chi connectivity index (χ1n) is 10.9. The molecule has 7 unspecified atom stereocenters. The zero-order valence-corrected chi connectivity index (χ0v) is 17.6. The molecule has 4 fully saturated rings. The number of rotatable bonds is 4. The minimum atomic E-state index is -0.0140. The lowest BCUT2D eigenvalue weighted by Gasteiger charge is -2.61. The van der Waals surface area contributed by atoms with E-state index in [9.17, 15) is 4.79 Å². The molecule has 3 heteroatoms. The molecular weight excluding hydrogens is 338 g/mol. The lowest BCUT2D eigenvalue weighted by molar-refractivity contribution is -0.135. The fourth-order valence-electron chi connectivity index (χ4n) is 7.46. The van der Waals surface area contributed by atoms with Gasteiger partial charge in [-0.15, -0.1) is 0 Å². The number of hydrogen-bond donors (Lipinski definition) is 1.